The third-order valence-electron chi connectivity index (χ3n) is 3.24. The summed E-state index contributed by atoms with van der Waals surface area (Å²) < 4.78 is 5.24. The zero-order valence-electron chi connectivity index (χ0n) is 14.0. The first-order chi connectivity index (χ1) is 11.2. The van der Waals surface area contributed by atoms with Gasteiger partial charge in [0.25, 0.3) is 0 Å². The van der Waals surface area contributed by atoms with Crippen molar-refractivity contribution in [2.45, 2.75) is 39.7 Å². The van der Waals surface area contributed by atoms with Crippen molar-refractivity contribution < 1.29 is 4.52 Å². The molecule has 23 heavy (non-hydrogen) atoms. The molecule has 2 rings (SSSR count). The molecule has 6 heteroatoms. The van der Waals surface area contributed by atoms with E-state index in [4.69, 9.17) is 4.52 Å². The molecule has 0 unspecified atom stereocenters. The molecule has 0 atom stereocenters. The van der Waals surface area contributed by atoms with E-state index in [1.807, 2.05) is 39.0 Å². The smallest absolute Gasteiger partial charge is 0.228 e. The van der Waals surface area contributed by atoms with Crippen LogP contribution in [0.5, 0.6) is 0 Å². The zero-order chi connectivity index (χ0) is 16.5. The molecule has 0 saturated carbocycles. The normalized spacial score (nSPS) is 11.7. The summed E-state index contributed by atoms with van der Waals surface area (Å²) in [6.45, 7) is 8.30. The van der Waals surface area contributed by atoms with Crippen molar-refractivity contribution in [2.24, 2.45) is 4.99 Å². The number of hydrogen-bond acceptors (Lipinski definition) is 4. The van der Waals surface area contributed by atoms with Gasteiger partial charge in [0.15, 0.2) is 11.8 Å². The van der Waals surface area contributed by atoms with Gasteiger partial charge in [-0.05, 0) is 12.5 Å². The van der Waals surface area contributed by atoms with Gasteiger partial charge in [-0.15, -0.1) is 0 Å². The highest BCUT2D eigenvalue weighted by Crippen LogP contribution is 2.09. The van der Waals surface area contributed by atoms with Crippen molar-refractivity contribution in [3.8, 4) is 0 Å². The third-order valence-corrected chi connectivity index (χ3v) is 3.24. The van der Waals surface area contributed by atoms with Crippen molar-refractivity contribution in [1.82, 2.24) is 20.8 Å². The minimum absolute atomic E-state index is 0.283. The Hall–Kier alpha value is -2.37. The minimum atomic E-state index is 0.283. The highest BCUT2D eigenvalue weighted by Gasteiger charge is 2.09. The molecule has 0 saturated heterocycles. The Morgan fingerprint density at radius 3 is 2.65 bits per heavy atom. The summed E-state index contributed by atoms with van der Waals surface area (Å²) >= 11 is 0. The standard InChI is InChI=1S/C17H25N5O/c1-4-18-17(20-12-14-8-6-5-7-9-14)19-11-10-15-21-16(13(2)3)22-23-15/h5-9,13H,4,10-12H2,1-3H3,(H2,18,19,20). The number of aromatic nitrogens is 2. The summed E-state index contributed by atoms with van der Waals surface area (Å²) in [5.74, 6) is 2.48. The van der Waals surface area contributed by atoms with E-state index in [-0.39, 0.29) is 5.92 Å². The van der Waals surface area contributed by atoms with Crippen molar-refractivity contribution in [2.75, 3.05) is 13.1 Å². The Morgan fingerprint density at radius 2 is 2.00 bits per heavy atom. The molecular weight excluding hydrogens is 290 g/mol. The maximum absolute atomic E-state index is 5.24. The Balaban J connectivity index is 1.84. The number of rotatable bonds is 7. The van der Waals surface area contributed by atoms with Crippen molar-refractivity contribution in [3.05, 3.63) is 47.6 Å². The molecule has 0 aliphatic heterocycles. The molecule has 124 valence electrons. The predicted molar refractivity (Wildman–Crippen MR) is 91.4 cm³/mol. The third kappa shape index (κ3) is 5.73. The summed E-state index contributed by atoms with van der Waals surface area (Å²) in [7, 11) is 0. The minimum Gasteiger partial charge on any atom is -0.357 e. The van der Waals surface area contributed by atoms with Gasteiger partial charge in [-0.1, -0.05) is 49.3 Å². The van der Waals surface area contributed by atoms with Crippen LogP contribution in [0.4, 0.5) is 0 Å². The summed E-state index contributed by atoms with van der Waals surface area (Å²) in [5.41, 5.74) is 1.18. The van der Waals surface area contributed by atoms with Gasteiger partial charge in [-0.25, -0.2) is 4.99 Å². The molecule has 6 nitrogen and oxygen atoms in total. The van der Waals surface area contributed by atoms with Crippen molar-refractivity contribution in [3.63, 3.8) is 0 Å². The van der Waals surface area contributed by atoms with Crippen LogP contribution in [0.25, 0.3) is 0 Å². The molecule has 0 amide bonds. The lowest BCUT2D eigenvalue weighted by atomic mass is 10.2. The second kappa shape index (κ2) is 8.92. The van der Waals surface area contributed by atoms with E-state index >= 15 is 0 Å². The van der Waals surface area contributed by atoms with Gasteiger partial charge in [0.2, 0.25) is 5.89 Å². The van der Waals surface area contributed by atoms with E-state index in [2.05, 4.69) is 37.9 Å². The van der Waals surface area contributed by atoms with E-state index in [0.717, 1.165) is 18.3 Å². The summed E-state index contributed by atoms with van der Waals surface area (Å²) in [6.07, 6.45) is 0.676. The predicted octanol–water partition coefficient (Wildman–Crippen LogP) is 2.49. The molecule has 1 aromatic carbocycles. The van der Waals surface area contributed by atoms with Crippen LogP contribution in [0.3, 0.4) is 0 Å². The highest BCUT2D eigenvalue weighted by molar-refractivity contribution is 5.79. The zero-order valence-corrected chi connectivity index (χ0v) is 14.0. The summed E-state index contributed by atoms with van der Waals surface area (Å²) in [6, 6.07) is 10.2. The summed E-state index contributed by atoms with van der Waals surface area (Å²) in [5, 5.41) is 10.5. The van der Waals surface area contributed by atoms with Gasteiger partial charge < -0.3 is 15.2 Å². The Kier molecular flexibility index (Phi) is 6.59. The van der Waals surface area contributed by atoms with E-state index in [1.165, 1.54) is 5.56 Å². The first-order valence-corrected chi connectivity index (χ1v) is 8.07. The number of guanidine groups is 1. The molecule has 2 aromatic rings. The lowest BCUT2D eigenvalue weighted by Gasteiger charge is -2.10. The molecule has 2 N–H and O–H groups in total. The fourth-order valence-electron chi connectivity index (χ4n) is 1.99. The fraction of sp³-hybridized carbons (Fsp3) is 0.471. The second-order valence-corrected chi connectivity index (χ2v) is 5.56. The Labute approximate surface area is 137 Å². The average molecular weight is 315 g/mol. The van der Waals surface area contributed by atoms with E-state index < -0.39 is 0 Å². The monoisotopic (exact) mass is 315 g/mol. The fourth-order valence-corrected chi connectivity index (χ4v) is 1.99. The molecular formula is C17H25N5O. The molecule has 0 spiro atoms. The first kappa shape index (κ1) is 17.0. The average Bonchev–Trinajstić information content (AvgIpc) is 3.03. The number of aliphatic imine (C=N–C) groups is 1. The maximum atomic E-state index is 5.24. The van der Waals surface area contributed by atoms with Gasteiger partial charge in [-0.2, -0.15) is 4.98 Å². The first-order valence-electron chi connectivity index (χ1n) is 8.07. The largest absolute Gasteiger partial charge is 0.357 e. The SMILES string of the molecule is CCNC(=NCc1ccccc1)NCCc1nc(C(C)C)no1. The lowest BCUT2D eigenvalue weighted by molar-refractivity contribution is 0.371. The summed E-state index contributed by atoms with van der Waals surface area (Å²) in [4.78, 5) is 8.94. The molecule has 1 heterocycles. The van der Waals surface area contributed by atoms with E-state index in [9.17, 15) is 0 Å². The Bertz CT molecular complexity index is 606. The van der Waals surface area contributed by atoms with Gasteiger partial charge in [0, 0.05) is 25.4 Å². The molecule has 0 aliphatic carbocycles. The van der Waals surface area contributed by atoms with E-state index in [1.54, 1.807) is 0 Å². The topological polar surface area (TPSA) is 75.3 Å². The van der Waals surface area contributed by atoms with Crippen LogP contribution in [0, 0.1) is 0 Å². The van der Waals surface area contributed by atoms with E-state index in [0.29, 0.717) is 25.4 Å². The molecule has 1 aromatic heterocycles. The lowest BCUT2D eigenvalue weighted by Crippen LogP contribution is -2.38. The molecule has 0 bridgehead atoms. The van der Waals surface area contributed by atoms with Crippen molar-refractivity contribution >= 4 is 5.96 Å². The van der Waals surface area contributed by atoms with Gasteiger partial charge in [0.05, 0.1) is 6.54 Å². The number of nitrogens with zero attached hydrogens (tertiary/aromatic N) is 3. The van der Waals surface area contributed by atoms with Crippen LogP contribution in [-0.2, 0) is 13.0 Å². The Morgan fingerprint density at radius 1 is 1.22 bits per heavy atom. The quantitative estimate of drug-likeness (QED) is 0.606. The van der Waals surface area contributed by atoms with Gasteiger partial charge in [-0.3, -0.25) is 0 Å². The van der Waals surface area contributed by atoms with Gasteiger partial charge >= 0.3 is 0 Å². The van der Waals surface area contributed by atoms with Crippen LogP contribution in [0.15, 0.2) is 39.8 Å². The van der Waals surface area contributed by atoms with Crippen LogP contribution < -0.4 is 10.6 Å². The highest BCUT2D eigenvalue weighted by atomic mass is 16.5. The molecule has 0 fully saturated rings. The second-order valence-electron chi connectivity index (χ2n) is 5.56. The number of nitrogens with one attached hydrogen (secondary N) is 2. The number of benzene rings is 1. The van der Waals surface area contributed by atoms with Crippen LogP contribution in [-0.4, -0.2) is 29.2 Å². The number of hydrogen-bond donors (Lipinski definition) is 2. The van der Waals surface area contributed by atoms with Crippen LogP contribution in [0.1, 0.15) is 44.0 Å². The van der Waals surface area contributed by atoms with Crippen LogP contribution in [0.2, 0.25) is 0 Å². The van der Waals surface area contributed by atoms with Crippen molar-refractivity contribution in [1.29, 1.82) is 0 Å². The molecule has 0 radical (unpaired) electrons. The maximum Gasteiger partial charge on any atom is 0.228 e. The van der Waals surface area contributed by atoms with Crippen LogP contribution >= 0.6 is 0 Å². The van der Waals surface area contributed by atoms with Gasteiger partial charge in [0.1, 0.15) is 0 Å². The molecule has 0 aliphatic rings.